The van der Waals surface area contributed by atoms with Gasteiger partial charge in [-0.2, -0.15) is 0 Å². The van der Waals surface area contributed by atoms with E-state index in [2.05, 4.69) is 41.5 Å². The lowest BCUT2D eigenvalue weighted by atomic mass is 9.75. The fourth-order valence-electron chi connectivity index (χ4n) is 2.78. The van der Waals surface area contributed by atoms with Gasteiger partial charge in [0.25, 0.3) is 0 Å². The summed E-state index contributed by atoms with van der Waals surface area (Å²) in [4.78, 5) is 4.28. The van der Waals surface area contributed by atoms with Gasteiger partial charge in [-0.3, -0.25) is 0 Å². The van der Waals surface area contributed by atoms with E-state index in [1.165, 1.54) is 24.0 Å². The number of benzene rings is 1. The van der Waals surface area contributed by atoms with Crippen molar-refractivity contribution >= 4 is 5.69 Å². The van der Waals surface area contributed by atoms with Gasteiger partial charge in [-0.15, -0.1) is 0 Å². The largest absolute Gasteiger partial charge is 0.478 e. The van der Waals surface area contributed by atoms with Crippen LogP contribution in [0.5, 0.6) is 5.88 Å². The van der Waals surface area contributed by atoms with Crippen molar-refractivity contribution < 1.29 is 4.74 Å². The number of ether oxygens (including phenoxy) is 1. The summed E-state index contributed by atoms with van der Waals surface area (Å²) < 4.78 is 5.35. The molecule has 0 atom stereocenters. The lowest BCUT2D eigenvalue weighted by Crippen LogP contribution is -2.34. The number of pyridine rings is 1. The van der Waals surface area contributed by atoms with E-state index in [0.717, 1.165) is 5.69 Å². The molecule has 3 rings (SSSR count). The second-order valence-electron chi connectivity index (χ2n) is 5.74. The van der Waals surface area contributed by atoms with Crippen LogP contribution in [0.4, 0.5) is 5.69 Å². The monoisotopic (exact) mass is 282 g/mol. The zero-order valence-electron chi connectivity index (χ0n) is 12.7. The number of nitrogens with one attached hydrogen (secondary N) is 1. The molecule has 0 unspecified atom stereocenters. The van der Waals surface area contributed by atoms with E-state index >= 15 is 0 Å². The molecule has 3 nitrogen and oxygen atoms in total. The quantitative estimate of drug-likeness (QED) is 0.894. The Morgan fingerprint density at radius 2 is 1.90 bits per heavy atom. The summed E-state index contributed by atoms with van der Waals surface area (Å²) in [6.07, 6.45) is 4.23. The first-order valence-corrected chi connectivity index (χ1v) is 7.66. The number of rotatable bonds is 5. The van der Waals surface area contributed by atoms with Crippen LogP contribution in [0.15, 0.2) is 42.6 Å². The third-order valence-electron chi connectivity index (χ3n) is 4.09. The third kappa shape index (κ3) is 3.35. The number of hydrogen-bond acceptors (Lipinski definition) is 3. The van der Waals surface area contributed by atoms with Crippen molar-refractivity contribution in [2.75, 3.05) is 11.9 Å². The smallest absolute Gasteiger partial charge is 0.213 e. The topological polar surface area (TPSA) is 34.1 Å². The SMILES string of the molecule is CCOc1ccc(NC2CC(c3ccc(C)cc3)C2)cn1. The minimum Gasteiger partial charge on any atom is -0.478 e. The molecule has 3 heteroatoms. The zero-order chi connectivity index (χ0) is 14.7. The fraction of sp³-hybridized carbons (Fsp3) is 0.389. The van der Waals surface area contributed by atoms with Crippen LogP contribution in [0.3, 0.4) is 0 Å². The maximum Gasteiger partial charge on any atom is 0.213 e. The van der Waals surface area contributed by atoms with Gasteiger partial charge in [-0.05, 0) is 44.2 Å². The molecule has 0 radical (unpaired) electrons. The van der Waals surface area contributed by atoms with Crippen LogP contribution >= 0.6 is 0 Å². The molecule has 1 aliphatic carbocycles. The van der Waals surface area contributed by atoms with E-state index < -0.39 is 0 Å². The van der Waals surface area contributed by atoms with Crippen LogP contribution in [-0.2, 0) is 0 Å². The average Bonchev–Trinajstić information content (AvgIpc) is 2.46. The van der Waals surface area contributed by atoms with Gasteiger partial charge in [-0.25, -0.2) is 4.98 Å². The second-order valence-corrected chi connectivity index (χ2v) is 5.74. The molecule has 0 bridgehead atoms. The lowest BCUT2D eigenvalue weighted by Gasteiger charge is -2.36. The van der Waals surface area contributed by atoms with Crippen molar-refractivity contribution in [3.63, 3.8) is 0 Å². The highest BCUT2D eigenvalue weighted by atomic mass is 16.5. The molecule has 1 aliphatic rings. The van der Waals surface area contributed by atoms with Crippen molar-refractivity contribution in [3.05, 3.63) is 53.7 Å². The third-order valence-corrected chi connectivity index (χ3v) is 4.09. The van der Waals surface area contributed by atoms with E-state index in [1.807, 2.05) is 25.3 Å². The molecule has 2 aromatic rings. The Morgan fingerprint density at radius 3 is 2.52 bits per heavy atom. The van der Waals surface area contributed by atoms with E-state index in [9.17, 15) is 0 Å². The van der Waals surface area contributed by atoms with Crippen molar-refractivity contribution in [2.24, 2.45) is 0 Å². The van der Waals surface area contributed by atoms with Crippen molar-refractivity contribution in [1.82, 2.24) is 4.98 Å². The highest BCUT2D eigenvalue weighted by Crippen LogP contribution is 2.38. The van der Waals surface area contributed by atoms with E-state index in [4.69, 9.17) is 4.74 Å². The molecule has 1 aromatic heterocycles. The van der Waals surface area contributed by atoms with Crippen LogP contribution in [0.25, 0.3) is 0 Å². The molecule has 1 saturated carbocycles. The Balaban J connectivity index is 1.51. The number of aromatic nitrogens is 1. The molecular weight excluding hydrogens is 260 g/mol. The molecule has 21 heavy (non-hydrogen) atoms. The van der Waals surface area contributed by atoms with Crippen LogP contribution < -0.4 is 10.1 Å². The predicted molar refractivity (Wildman–Crippen MR) is 86.0 cm³/mol. The maximum atomic E-state index is 5.35. The highest BCUT2D eigenvalue weighted by Gasteiger charge is 2.30. The molecule has 1 heterocycles. The van der Waals surface area contributed by atoms with Crippen molar-refractivity contribution in [3.8, 4) is 5.88 Å². The Kier molecular flexibility index (Phi) is 4.09. The molecular formula is C18H22N2O. The van der Waals surface area contributed by atoms with Gasteiger partial charge in [0.1, 0.15) is 0 Å². The van der Waals surface area contributed by atoms with Crippen LogP contribution in [-0.4, -0.2) is 17.6 Å². The number of nitrogens with zero attached hydrogens (tertiary/aromatic N) is 1. The molecule has 0 aliphatic heterocycles. The Bertz CT molecular complexity index is 571. The van der Waals surface area contributed by atoms with Gasteiger partial charge in [-0.1, -0.05) is 29.8 Å². The zero-order valence-corrected chi connectivity index (χ0v) is 12.7. The first-order valence-electron chi connectivity index (χ1n) is 7.66. The number of hydrogen-bond donors (Lipinski definition) is 1. The molecule has 0 saturated heterocycles. The summed E-state index contributed by atoms with van der Waals surface area (Å²) in [6, 6.07) is 13.4. The van der Waals surface area contributed by atoms with E-state index in [1.54, 1.807) is 0 Å². The van der Waals surface area contributed by atoms with Gasteiger partial charge in [0.2, 0.25) is 5.88 Å². The van der Waals surface area contributed by atoms with E-state index in [0.29, 0.717) is 24.4 Å². The maximum absolute atomic E-state index is 5.35. The van der Waals surface area contributed by atoms with Gasteiger partial charge >= 0.3 is 0 Å². The van der Waals surface area contributed by atoms with Gasteiger partial charge < -0.3 is 10.1 Å². The first kappa shape index (κ1) is 13.9. The molecule has 0 spiro atoms. The van der Waals surface area contributed by atoms with Crippen molar-refractivity contribution in [2.45, 2.75) is 38.6 Å². The summed E-state index contributed by atoms with van der Waals surface area (Å²) in [5.74, 6) is 1.38. The second kappa shape index (κ2) is 6.17. The van der Waals surface area contributed by atoms with Gasteiger partial charge in [0.05, 0.1) is 18.5 Å². The Morgan fingerprint density at radius 1 is 1.14 bits per heavy atom. The number of anilines is 1. The number of aryl methyl sites for hydroxylation is 1. The lowest BCUT2D eigenvalue weighted by molar-refractivity contribution is 0.327. The summed E-state index contributed by atoms with van der Waals surface area (Å²) in [6.45, 7) is 4.75. The first-order chi connectivity index (χ1) is 10.2. The molecule has 110 valence electrons. The Labute approximate surface area is 126 Å². The van der Waals surface area contributed by atoms with Crippen molar-refractivity contribution in [1.29, 1.82) is 0 Å². The average molecular weight is 282 g/mol. The summed E-state index contributed by atoms with van der Waals surface area (Å²) >= 11 is 0. The standard InChI is InChI=1S/C18H22N2O/c1-3-21-18-9-8-16(12-19-18)20-17-10-15(11-17)14-6-4-13(2)5-7-14/h4-9,12,15,17,20H,3,10-11H2,1-2H3. The normalized spacial score (nSPS) is 20.7. The Hall–Kier alpha value is -2.03. The minimum atomic E-state index is 0.552. The minimum absolute atomic E-state index is 0.552. The summed E-state index contributed by atoms with van der Waals surface area (Å²) in [7, 11) is 0. The molecule has 1 fully saturated rings. The van der Waals surface area contributed by atoms with Gasteiger partial charge in [0, 0.05) is 12.1 Å². The molecule has 1 N–H and O–H groups in total. The summed E-state index contributed by atoms with van der Waals surface area (Å²) in [5, 5.41) is 3.54. The van der Waals surface area contributed by atoms with Crippen LogP contribution in [0, 0.1) is 6.92 Å². The highest BCUT2D eigenvalue weighted by molar-refractivity contribution is 5.44. The van der Waals surface area contributed by atoms with E-state index in [-0.39, 0.29) is 0 Å². The molecule has 0 amide bonds. The fourth-order valence-corrected chi connectivity index (χ4v) is 2.78. The predicted octanol–water partition coefficient (Wildman–Crippen LogP) is 4.15. The van der Waals surface area contributed by atoms with Crippen LogP contribution in [0.1, 0.15) is 36.8 Å². The molecule has 1 aromatic carbocycles. The van der Waals surface area contributed by atoms with Gasteiger partial charge in [0.15, 0.2) is 0 Å². The van der Waals surface area contributed by atoms with Crippen LogP contribution in [0.2, 0.25) is 0 Å². The summed E-state index contributed by atoms with van der Waals surface area (Å²) in [5.41, 5.74) is 3.86.